The standard InChI is InChI=1S/C12H11BrO2/c1-7(12(14)15)9-4-8-2-3-11(13)6-10(8)5-9/h2-4,6-7H,5H2,1H3,(H,14,15). The second-order valence-corrected chi connectivity index (χ2v) is 4.71. The van der Waals surface area contributed by atoms with Gasteiger partial charge in [0.15, 0.2) is 0 Å². The maximum atomic E-state index is 10.9. The van der Waals surface area contributed by atoms with E-state index in [0.717, 1.165) is 22.0 Å². The minimum Gasteiger partial charge on any atom is -0.481 e. The van der Waals surface area contributed by atoms with Gasteiger partial charge in [0.25, 0.3) is 0 Å². The molecule has 1 atom stereocenters. The molecule has 0 spiro atoms. The number of aliphatic carboxylic acids is 1. The van der Waals surface area contributed by atoms with E-state index in [1.54, 1.807) is 6.92 Å². The van der Waals surface area contributed by atoms with Gasteiger partial charge in [0.1, 0.15) is 0 Å². The van der Waals surface area contributed by atoms with Crippen LogP contribution in [0.1, 0.15) is 18.1 Å². The average Bonchev–Trinajstić information content (AvgIpc) is 2.58. The van der Waals surface area contributed by atoms with Crippen molar-refractivity contribution in [3.8, 4) is 0 Å². The molecule has 0 bridgehead atoms. The Morgan fingerprint density at radius 2 is 2.27 bits per heavy atom. The molecule has 3 heteroatoms. The van der Waals surface area contributed by atoms with Crippen LogP contribution in [-0.4, -0.2) is 11.1 Å². The van der Waals surface area contributed by atoms with Crippen LogP contribution < -0.4 is 0 Å². The van der Waals surface area contributed by atoms with Gasteiger partial charge in [0.2, 0.25) is 0 Å². The normalized spacial score (nSPS) is 15.7. The van der Waals surface area contributed by atoms with Crippen molar-refractivity contribution >= 4 is 28.0 Å². The number of carboxylic acids is 1. The Kier molecular flexibility index (Phi) is 2.65. The van der Waals surface area contributed by atoms with E-state index < -0.39 is 11.9 Å². The maximum Gasteiger partial charge on any atom is 0.310 e. The lowest BCUT2D eigenvalue weighted by molar-refractivity contribution is -0.139. The summed E-state index contributed by atoms with van der Waals surface area (Å²) >= 11 is 3.41. The van der Waals surface area contributed by atoms with E-state index in [1.165, 1.54) is 5.56 Å². The lowest BCUT2D eigenvalue weighted by Gasteiger charge is -2.06. The molecule has 0 saturated heterocycles. The number of benzene rings is 1. The van der Waals surface area contributed by atoms with Crippen LogP contribution in [0.15, 0.2) is 28.2 Å². The lowest BCUT2D eigenvalue weighted by atomic mass is 10.00. The van der Waals surface area contributed by atoms with Crippen LogP contribution in [0.2, 0.25) is 0 Å². The van der Waals surface area contributed by atoms with Crippen LogP contribution in [0.3, 0.4) is 0 Å². The third-order valence-electron chi connectivity index (χ3n) is 2.77. The highest BCUT2D eigenvalue weighted by Gasteiger charge is 2.22. The molecular weight excluding hydrogens is 256 g/mol. The van der Waals surface area contributed by atoms with Gasteiger partial charge >= 0.3 is 5.97 Å². The minimum atomic E-state index is -0.756. The van der Waals surface area contributed by atoms with Crippen molar-refractivity contribution in [2.45, 2.75) is 13.3 Å². The first-order chi connectivity index (χ1) is 7.08. The second-order valence-electron chi connectivity index (χ2n) is 3.80. The predicted octanol–water partition coefficient (Wildman–Crippen LogP) is 3.11. The van der Waals surface area contributed by atoms with E-state index in [9.17, 15) is 4.79 Å². The van der Waals surface area contributed by atoms with E-state index in [4.69, 9.17) is 5.11 Å². The van der Waals surface area contributed by atoms with E-state index in [1.807, 2.05) is 24.3 Å². The Morgan fingerprint density at radius 3 is 2.93 bits per heavy atom. The number of rotatable bonds is 2. The highest BCUT2D eigenvalue weighted by atomic mass is 79.9. The van der Waals surface area contributed by atoms with Gasteiger partial charge in [0.05, 0.1) is 5.92 Å². The van der Waals surface area contributed by atoms with Crippen LogP contribution in [0.4, 0.5) is 0 Å². The molecule has 0 heterocycles. The first-order valence-corrected chi connectivity index (χ1v) is 5.59. The SMILES string of the molecule is CC(C(=O)O)C1=Cc2ccc(Br)cc2C1. The van der Waals surface area contributed by atoms with Crippen molar-refractivity contribution in [2.24, 2.45) is 5.92 Å². The quantitative estimate of drug-likeness (QED) is 0.893. The van der Waals surface area contributed by atoms with Gasteiger partial charge in [-0.15, -0.1) is 0 Å². The summed E-state index contributed by atoms with van der Waals surface area (Å²) in [7, 11) is 0. The number of carboxylic acid groups (broad SMARTS) is 1. The van der Waals surface area contributed by atoms with E-state index in [0.29, 0.717) is 0 Å². The zero-order valence-electron chi connectivity index (χ0n) is 8.33. The molecule has 1 aliphatic carbocycles. The van der Waals surface area contributed by atoms with Crippen LogP contribution in [-0.2, 0) is 11.2 Å². The van der Waals surface area contributed by atoms with Crippen LogP contribution in [0.5, 0.6) is 0 Å². The monoisotopic (exact) mass is 266 g/mol. The fraction of sp³-hybridized carbons (Fsp3) is 0.250. The largest absolute Gasteiger partial charge is 0.481 e. The molecule has 0 fully saturated rings. The molecule has 2 rings (SSSR count). The summed E-state index contributed by atoms with van der Waals surface area (Å²) in [6.07, 6.45) is 2.74. The average molecular weight is 267 g/mol. The molecule has 1 aliphatic rings. The van der Waals surface area contributed by atoms with E-state index in [2.05, 4.69) is 15.9 Å². The van der Waals surface area contributed by atoms with Crippen molar-refractivity contribution in [2.75, 3.05) is 0 Å². The molecule has 0 saturated carbocycles. The van der Waals surface area contributed by atoms with Gasteiger partial charge in [-0.2, -0.15) is 0 Å². The summed E-state index contributed by atoms with van der Waals surface area (Å²) in [5, 5.41) is 8.93. The Bertz CT molecular complexity index is 449. The molecule has 2 nitrogen and oxygen atoms in total. The molecule has 78 valence electrons. The Morgan fingerprint density at radius 1 is 1.53 bits per heavy atom. The molecule has 15 heavy (non-hydrogen) atoms. The van der Waals surface area contributed by atoms with Crippen molar-refractivity contribution < 1.29 is 9.90 Å². The van der Waals surface area contributed by atoms with Crippen molar-refractivity contribution in [1.82, 2.24) is 0 Å². The van der Waals surface area contributed by atoms with E-state index >= 15 is 0 Å². The molecule has 0 amide bonds. The summed E-state index contributed by atoms with van der Waals surface area (Å²) < 4.78 is 1.04. The molecule has 1 aromatic carbocycles. The Hall–Kier alpha value is -1.09. The van der Waals surface area contributed by atoms with Gasteiger partial charge in [-0.05, 0) is 36.6 Å². The highest BCUT2D eigenvalue weighted by molar-refractivity contribution is 9.10. The second kappa shape index (κ2) is 3.81. The number of hydrogen-bond donors (Lipinski definition) is 1. The zero-order valence-corrected chi connectivity index (χ0v) is 9.91. The molecular formula is C12H11BrO2. The molecule has 1 aromatic rings. The summed E-state index contributed by atoms with van der Waals surface area (Å²) in [4.78, 5) is 10.9. The minimum absolute atomic E-state index is 0.392. The summed E-state index contributed by atoms with van der Waals surface area (Å²) in [6, 6.07) is 6.04. The maximum absolute atomic E-state index is 10.9. The first-order valence-electron chi connectivity index (χ1n) is 4.79. The van der Waals surface area contributed by atoms with Crippen molar-refractivity contribution in [3.63, 3.8) is 0 Å². The third-order valence-corrected chi connectivity index (χ3v) is 3.26. The van der Waals surface area contributed by atoms with Crippen LogP contribution >= 0.6 is 15.9 Å². The number of halogens is 1. The van der Waals surface area contributed by atoms with Crippen molar-refractivity contribution in [3.05, 3.63) is 39.4 Å². The fourth-order valence-corrected chi connectivity index (χ4v) is 2.18. The van der Waals surface area contributed by atoms with Gasteiger partial charge in [0, 0.05) is 4.47 Å². The molecule has 0 aromatic heterocycles. The van der Waals surface area contributed by atoms with Gasteiger partial charge in [-0.1, -0.05) is 33.6 Å². The van der Waals surface area contributed by atoms with Gasteiger partial charge in [-0.25, -0.2) is 0 Å². The highest BCUT2D eigenvalue weighted by Crippen LogP contribution is 2.31. The lowest BCUT2D eigenvalue weighted by Crippen LogP contribution is -2.12. The molecule has 0 radical (unpaired) electrons. The van der Waals surface area contributed by atoms with Gasteiger partial charge < -0.3 is 5.11 Å². The van der Waals surface area contributed by atoms with Crippen LogP contribution in [0, 0.1) is 5.92 Å². The zero-order chi connectivity index (χ0) is 11.0. The molecule has 1 N–H and O–H groups in total. The van der Waals surface area contributed by atoms with E-state index in [-0.39, 0.29) is 0 Å². The Balaban J connectivity index is 2.29. The number of carbonyl (C=O) groups is 1. The summed E-state index contributed by atoms with van der Waals surface area (Å²) in [5.41, 5.74) is 3.32. The number of fused-ring (bicyclic) bond motifs is 1. The number of hydrogen-bond acceptors (Lipinski definition) is 1. The molecule has 1 unspecified atom stereocenters. The topological polar surface area (TPSA) is 37.3 Å². The Labute approximate surface area is 96.7 Å². The van der Waals surface area contributed by atoms with Crippen molar-refractivity contribution in [1.29, 1.82) is 0 Å². The summed E-state index contributed by atoms with van der Waals surface area (Å²) in [5.74, 6) is -1.15. The first kappa shape index (κ1) is 10.4. The molecule has 0 aliphatic heterocycles. The van der Waals surface area contributed by atoms with Crippen LogP contribution in [0.25, 0.3) is 6.08 Å². The smallest absolute Gasteiger partial charge is 0.310 e. The van der Waals surface area contributed by atoms with Gasteiger partial charge in [-0.3, -0.25) is 4.79 Å². The summed E-state index contributed by atoms with van der Waals surface area (Å²) in [6.45, 7) is 1.73. The fourth-order valence-electron chi connectivity index (χ4n) is 1.78. The predicted molar refractivity (Wildman–Crippen MR) is 62.6 cm³/mol. The third kappa shape index (κ3) is 1.97.